The van der Waals surface area contributed by atoms with Gasteiger partial charge in [-0.05, 0) is 12.8 Å². The third-order valence-corrected chi connectivity index (χ3v) is 4.67. The van der Waals surface area contributed by atoms with Gasteiger partial charge in [0.2, 0.25) is 0 Å². The lowest BCUT2D eigenvalue weighted by Gasteiger charge is -2.04. The van der Waals surface area contributed by atoms with Gasteiger partial charge < -0.3 is 17.2 Å². The molecule has 0 heterocycles. The van der Waals surface area contributed by atoms with Crippen LogP contribution < -0.4 is 17.2 Å². The fourth-order valence-electron chi connectivity index (χ4n) is 3.01. The number of unbranched alkanes of at least 4 members (excludes halogenated alkanes) is 15. The molecule has 0 unspecified atom stereocenters. The monoisotopic (exact) mass is 325 g/mol. The number of rotatable bonds is 17. The van der Waals surface area contributed by atoms with E-state index in [1.165, 1.54) is 96.3 Å². The van der Waals surface area contributed by atoms with Crippen molar-refractivity contribution >= 4 is 0 Å². The summed E-state index contributed by atoms with van der Waals surface area (Å²) in [5, 5.41) is 0. The lowest BCUT2D eigenvalue weighted by molar-refractivity contribution is 0.529. The van der Waals surface area contributed by atoms with Gasteiger partial charge >= 0.3 is 0 Å². The summed E-state index contributed by atoms with van der Waals surface area (Å²) in [4.78, 5) is 0. The van der Waals surface area contributed by atoms with Crippen LogP contribution >= 0.6 is 0 Å². The van der Waals surface area contributed by atoms with Crippen LogP contribution in [0, 0.1) is 0 Å². The van der Waals surface area contributed by atoms with E-state index in [0.717, 1.165) is 12.8 Å². The maximum Gasteiger partial charge on any atom is 0.113 e. The Morgan fingerprint density at radius 3 is 1.09 bits per heavy atom. The molecule has 3 nitrogen and oxygen atoms in total. The molecule has 6 N–H and O–H groups in total. The highest BCUT2D eigenvalue weighted by atomic mass is 14.8. The Morgan fingerprint density at radius 1 is 0.478 bits per heavy atom. The van der Waals surface area contributed by atoms with E-state index in [9.17, 15) is 0 Å². The molecule has 0 bridgehead atoms. The highest BCUT2D eigenvalue weighted by molar-refractivity contribution is 5.02. The van der Waals surface area contributed by atoms with Gasteiger partial charge in [0.05, 0.1) is 0 Å². The van der Waals surface area contributed by atoms with Crippen LogP contribution in [-0.4, -0.2) is 0 Å². The standard InChI is InChI=1S/C20H43N3/c1-2-3-4-5-6-7-8-9-10-11-12-13-14-15-16-17-18-19(21)20(22)23/h2-18,21-23H2,1H3. The van der Waals surface area contributed by atoms with E-state index in [1.807, 2.05) is 0 Å². The molecule has 0 aromatic carbocycles. The van der Waals surface area contributed by atoms with E-state index in [4.69, 9.17) is 17.2 Å². The van der Waals surface area contributed by atoms with Gasteiger partial charge in [0.1, 0.15) is 5.82 Å². The minimum atomic E-state index is 0.297. The molecule has 0 rings (SSSR count). The van der Waals surface area contributed by atoms with Crippen molar-refractivity contribution < 1.29 is 0 Å². The summed E-state index contributed by atoms with van der Waals surface area (Å²) in [6, 6.07) is 0. The van der Waals surface area contributed by atoms with Crippen molar-refractivity contribution in [1.82, 2.24) is 0 Å². The van der Waals surface area contributed by atoms with Crippen LogP contribution in [-0.2, 0) is 0 Å². The van der Waals surface area contributed by atoms with Gasteiger partial charge in [-0.2, -0.15) is 0 Å². The quantitative estimate of drug-likeness (QED) is 0.301. The summed E-state index contributed by atoms with van der Waals surface area (Å²) in [7, 11) is 0. The molecule has 0 aliphatic rings. The molecule has 0 fully saturated rings. The van der Waals surface area contributed by atoms with Gasteiger partial charge in [-0.3, -0.25) is 0 Å². The minimum absolute atomic E-state index is 0.297. The highest BCUT2D eigenvalue weighted by Crippen LogP contribution is 2.14. The molecule has 0 radical (unpaired) electrons. The molecule has 0 aromatic heterocycles. The summed E-state index contributed by atoms with van der Waals surface area (Å²) in [6.07, 6.45) is 23.0. The van der Waals surface area contributed by atoms with Crippen LogP contribution in [0.1, 0.15) is 116 Å². The molecule has 0 spiro atoms. The second kappa shape index (κ2) is 17.5. The number of allylic oxidation sites excluding steroid dienone is 1. The summed E-state index contributed by atoms with van der Waals surface area (Å²) in [5.41, 5.74) is 17.2. The Kier molecular flexibility index (Phi) is 16.8. The molecular formula is C20H43N3. The number of nitrogens with two attached hydrogens (primary N) is 3. The van der Waals surface area contributed by atoms with E-state index in [0.29, 0.717) is 11.5 Å². The molecule has 23 heavy (non-hydrogen) atoms. The second-order valence-corrected chi connectivity index (χ2v) is 7.03. The molecular weight excluding hydrogens is 282 g/mol. The average Bonchev–Trinajstić information content (AvgIpc) is 2.54. The Hall–Kier alpha value is -0.860. The van der Waals surface area contributed by atoms with Gasteiger partial charge in [-0.1, -0.05) is 103 Å². The first-order valence-corrected chi connectivity index (χ1v) is 10.2. The first kappa shape index (κ1) is 22.1. The Bertz CT molecular complexity index is 270. The highest BCUT2D eigenvalue weighted by Gasteiger charge is 1.97. The van der Waals surface area contributed by atoms with Crippen molar-refractivity contribution in [3.8, 4) is 0 Å². The third kappa shape index (κ3) is 17.3. The summed E-state index contributed by atoms with van der Waals surface area (Å²) >= 11 is 0. The van der Waals surface area contributed by atoms with Crippen LogP contribution in [0.4, 0.5) is 0 Å². The number of hydrogen-bond acceptors (Lipinski definition) is 3. The second-order valence-electron chi connectivity index (χ2n) is 7.03. The zero-order valence-electron chi connectivity index (χ0n) is 15.8. The lowest BCUT2D eigenvalue weighted by atomic mass is 10.0. The van der Waals surface area contributed by atoms with Gasteiger partial charge in [0.25, 0.3) is 0 Å². The fourth-order valence-corrected chi connectivity index (χ4v) is 3.01. The smallest absolute Gasteiger partial charge is 0.113 e. The molecule has 0 aliphatic heterocycles. The van der Waals surface area contributed by atoms with Crippen molar-refractivity contribution in [3.05, 3.63) is 11.5 Å². The van der Waals surface area contributed by atoms with E-state index in [2.05, 4.69) is 6.92 Å². The Morgan fingerprint density at radius 2 is 0.783 bits per heavy atom. The zero-order valence-corrected chi connectivity index (χ0v) is 15.8. The summed E-state index contributed by atoms with van der Waals surface area (Å²) < 4.78 is 0. The molecule has 0 amide bonds. The third-order valence-electron chi connectivity index (χ3n) is 4.67. The first-order chi connectivity index (χ1) is 11.2. The van der Waals surface area contributed by atoms with Crippen LogP contribution in [0.2, 0.25) is 0 Å². The zero-order chi connectivity index (χ0) is 17.2. The molecule has 0 saturated carbocycles. The van der Waals surface area contributed by atoms with Gasteiger partial charge in [-0.15, -0.1) is 0 Å². The van der Waals surface area contributed by atoms with Crippen LogP contribution in [0.3, 0.4) is 0 Å². The Labute approximate surface area is 145 Å². The average molecular weight is 326 g/mol. The molecule has 3 heteroatoms. The van der Waals surface area contributed by atoms with Crippen LogP contribution in [0.25, 0.3) is 0 Å². The van der Waals surface area contributed by atoms with E-state index in [-0.39, 0.29) is 0 Å². The van der Waals surface area contributed by atoms with Crippen LogP contribution in [0.15, 0.2) is 11.5 Å². The van der Waals surface area contributed by atoms with Gasteiger partial charge in [-0.25, -0.2) is 0 Å². The van der Waals surface area contributed by atoms with Crippen LogP contribution in [0.5, 0.6) is 0 Å². The normalized spacial score (nSPS) is 10.8. The summed E-state index contributed by atoms with van der Waals surface area (Å²) in [5.74, 6) is 0.297. The SMILES string of the molecule is CCCCCCCCCCCCCCCCCCC(N)=C(N)N. The lowest BCUT2D eigenvalue weighted by Crippen LogP contribution is -2.16. The number of hydrogen-bond donors (Lipinski definition) is 3. The molecule has 0 saturated heterocycles. The summed E-state index contributed by atoms with van der Waals surface area (Å²) in [6.45, 7) is 2.28. The van der Waals surface area contributed by atoms with Gasteiger partial charge in [0, 0.05) is 5.70 Å². The maximum absolute atomic E-state index is 5.71. The first-order valence-electron chi connectivity index (χ1n) is 10.2. The van der Waals surface area contributed by atoms with E-state index < -0.39 is 0 Å². The molecule has 0 aromatic rings. The predicted octanol–water partition coefficient (Wildman–Crippen LogP) is 5.68. The van der Waals surface area contributed by atoms with E-state index in [1.54, 1.807) is 0 Å². The predicted molar refractivity (Wildman–Crippen MR) is 104 cm³/mol. The molecule has 0 aliphatic carbocycles. The van der Waals surface area contributed by atoms with Crippen molar-refractivity contribution in [2.75, 3.05) is 0 Å². The van der Waals surface area contributed by atoms with Crippen molar-refractivity contribution in [1.29, 1.82) is 0 Å². The Balaban J connectivity index is 3.07. The molecule has 0 atom stereocenters. The molecule has 138 valence electrons. The van der Waals surface area contributed by atoms with Gasteiger partial charge in [0.15, 0.2) is 0 Å². The maximum atomic E-state index is 5.71. The van der Waals surface area contributed by atoms with E-state index >= 15 is 0 Å². The van der Waals surface area contributed by atoms with Crippen molar-refractivity contribution in [2.24, 2.45) is 17.2 Å². The largest absolute Gasteiger partial charge is 0.399 e. The fraction of sp³-hybridized carbons (Fsp3) is 0.900. The van der Waals surface area contributed by atoms with Crippen molar-refractivity contribution in [3.63, 3.8) is 0 Å². The van der Waals surface area contributed by atoms with Crippen molar-refractivity contribution in [2.45, 2.75) is 116 Å². The topological polar surface area (TPSA) is 78.1 Å². The minimum Gasteiger partial charge on any atom is -0.399 e.